The van der Waals surface area contributed by atoms with Gasteiger partial charge in [-0.2, -0.15) is 5.10 Å². The van der Waals surface area contributed by atoms with Crippen LogP contribution in [0.5, 0.6) is 0 Å². The van der Waals surface area contributed by atoms with Crippen LogP contribution in [-0.4, -0.2) is 46.8 Å². The molecule has 3 heterocycles. The lowest BCUT2D eigenvalue weighted by atomic mass is 10.0. The van der Waals surface area contributed by atoms with Gasteiger partial charge in [-0.05, 0) is 24.1 Å². The molecule has 0 bridgehead atoms. The monoisotopic (exact) mass is 296 g/mol. The predicted molar refractivity (Wildman–Crippen MR) is 84.6 cm³/mol. The van der Waals surface area contributed by atoms with Crippen molar-refractivity contribution in [2.75, 3.05) is 31.1 Å². The van der Waals surface area contributed by atoms with Crippen LogP contribution >= 0.6 is 0 Å². The maximum Gasteiger partial charge on any atom is 0.227 e. The number of nitrogens with zero attached hydrogens (tertiary/aromatic N) is 4. The van der Waals surface area contributed by atoms with Crippen molar-refractivity contribution in [3.05, 3.63) is 48.8 Å². The average Bonchev–Trinajstić information content (AvgIpc) is 3.13. The second-order valence-corrected chi connectivity index (χ2v) is 6.27. The van der Waals surface area contributed by atoms with Crippen molar-refractivity contribution in [1.29, 1.82) is 0 Å². The number of carbonyl (C=O) groups excluding carboxylic acids is 1. The molecule has 5 heteroatoms. The molecule has 2 fully saturated rings. The summed E-state index contributed by atoms with van der Waals surface area (Å²) < 4.78 is 2.03. The van der Waals surface area contributed by atoms with E-state index in [-0.39, 0.29) is 5.91 Å². The summed E-state index contributed by atoms with van der Waals surface area (Å²) in [7, 11) is 0. The Bertz CT molecular complexity index is 634. The Morgan fingerprint density at radius 1 is 1.09 bits per heavy atom. The number of hydrogen-bond acceptors (Lipinski definition) is 3. The van der Waals surface area contributed by atoms with Gasteiger partial charge in [-0.25, -0.2) is 0 Å². The van der Waals surface area contributed by atoms with Gasteiger partial charge in [-0.15, -0.1) is 0 Å². The molecule has 1 aromatic carbocycles. The first-order chi connectivity index (χ1) is 10.8. The number of aromatic nitrogens is 2. The first-order valence-corrected chi connectivity index (χ1v) is 7.86. The van der Waals surface area contributed by atoms with Crippen molar-refractivity contribution in [2.45, 2.75) is 12.5 Å². The zero-order valence-corrected chi connectivity index (χ0v) is 12.5. The van der Waals surface area contributed by atoms with Gasteiger partial charge in [0.25, 0.3) is 0 Å². The minimum atomic E-state index is 0.250. The maximum atomic E-state index is 12.2. The van der Waals surface area contributed by atoms with Crippen LogP contribution < -0.4 is 4.90 Å². The Kier molecular flexibility index (Phi) is 3.42. The lowest BCUT2D eigenvalue weighted by Crippen LogP contribution is -2.49. The van der Waals surface area contributed by atoms with Gasteiger partial charge in [-0.1, -0.05) is 18.2 Å². The van der Waals surface area contributed by atoms with Gasteiger partial charge in [0.1, 0.15) is 0 Å². The van der Waals surface area contributed by atoms with Crippen LogP contribution in [-0.2, 0) is 4.79 Å². The van der Waals surface area contributed by atoms with E-state index in [4.69, 9.17) is 0 Å². The van der Waals surface area contributed by atoms with Crippen LogP contribution in [0.15, 0.2) is 48.8 Å². The van der Waals surface area contributed by atoms with E-state index >= 15 is 0 Å². The van der Waals surface area contributed by atoms with Crippen molar-refractivity contribution in [3.8, 4) is 0 Å². The van der Waals surface area contributed by atoms with Gasteiger partial charge in [0.2, 0.25) is 5.91 Å². The molecular weight excluding hydrogens is 276 g/mol. The highest BCUT2D eigenvalue weighted by Crippen LogP contribution is 2.28. The second-order valence-electron chi connectivity index (χ2n) is 6.27. The minimum absolute atomic E-state index is 0.250. The molecule has 2 aliphatic heterocycles. The van der Waals surface area contributed by atoms with Crippen molar-refractivity contribution in [3.63, 3.8) is 0 Å². The van der Waals surface area contributed by atoms with Gasteiger partial charge in [0, 0.05) is 50.7 Å². The van der Waals surface area contributed by atoms with E-state index in [1.807, 2.05) is 58.4 Å². The molecule has 0 N–H and O–H groups in total. The zero-order chi connectivity index (χ0) is 14.9. The number of hydrogen-bond donors (Lipinski definition) is 0. The molecule has 0 aliphatic carbocycles. The smallest absolute Gasteiger partial charge is 0.227 e. The molecule has 2 aliphatic rings. The molecule has 5 nitrogen and oxygen atoms in total. The van der Waals surface area contributed by atoms with Crippen molar-refractivity contribution >= 4 is 11.6 Å². The second kappa shape index (κ2) is 5.57. The normalized spacial score (nSPS) is 23.0. The molecule has 2 saturated heterocycles. The van der Waals surface area contributed by atoms with E-state index in [0.717, 1.165) is 31.9 Å². The molecule has 0 unspecified atom stereocenters. The maximum absolute atomic E-state index is 12.2. The first kappa shape index (κ1) is 13.5. The Morgan fingerprint density at radius 3 is 2.64 bits per heavy atom. The van der Waals surface area contributed by atoms with E-state index in [1.54, 1.807) is 0 Å². The van der Waals surface area contributed by atoms with Crippen LogP contribution in [0.4, 0.5) is 5.69 Å². The summed E-state index contributed by atoms with van der Waals surface area (Å²) in [5.41, 5.74) is 1.02. The molecule has 0 radical (unpaired) electrons. The highest BCUT2D eigenvalue weighted by atomic mass is 16.2. The van der Waals surface area contributed by atoms with Crippen molar-refractivity contribution in [2.24, 2.45) is 5.92 Å². The SMILES string of the molecule is O=C1C[C@H](CN2CC(n3cccn3)C2)CN1c1ccccc1. The Morgan fingerprint density at radius 2 is 1.91 bits per heavy atom. The predicted octanol–water partition coefficient (Wildman–Crippen LogP) is 1.79. The molecule has 0 saturated carbocycles. The third kappa shape index (κ3) is 2.52. The number of carbonyl (C=O) groups is 1. The lowest BCUT2D eigenvalue weighted by molar-refractivity contribution is -0.117. The van der Waals surface area contributed by atoms with Crippen LogP contribution in [0.2, 0.25) is 0 Å². The third-order valence-electron chi connectivity index (χ3n) is 4.63. The van der Waals surface area contributed by atoms with Gasteiger partial charge in [0.05, 0.1) is 6.04 Å². The standard InChI is InChI=1S/C17H20N4O/c22-17-9-14(11-20(17)15-5-2-1-3-6-15)10-19-12-16(13-19)21-8-4-7-18-21/h1-8,14,16H,9-13H2/t14-/m1/s1. The van der Waals surface area contributed by atoms with Crippen LogP contribution in [0.1, 0.15) is 12.5 Å². The van der Waals surface area contributed by atoms with Gasteiger partial charge < -0.3 is 4.90 Å². The Labute approximate surface area is 130 Å². The van der Waals surface area contributed by atoms with Gasteiger partial charge in [-0.3, -0.25) is 14.4 Å². The van der Waals surface area contributed by atoms with E-state index in [2.05, 4.69) is 10.00 Å². The molecule has 0 spiro atoms. The third-order valence-corrected chi connectivity index (χ3v) is 4.63. The number of benzene rings is 1. The summed E-state index contributed by atoms with van der Waals surface area (Å²) in [5.74, 6) is 0.687. The topological polar surface area (TPSA) is 41.4 Å². The Hall–Kier alpha value is -2.14. The van der Waals surface area contributed by atoms with E-state index < -0.39 is 0 Å². The first-order valence-electron chi connectivity index (χ1n) is 7.86. The average molecular weight is 296 g/mol. The summed E-state index contributed by atoms with van der Waals surface area (Å²) in [6.45, 7) is 3.92. The van der Waals surface area contributed by atoms with Gasteiger partial charge in [0.15, 0.2) is 0 Å². The van der Waals surface area contributed by atoms with Crippen molar-refractivity contribution in [1.82, 2.24) is 14.7 Å². The number of rotatable bonds is 4. The molecule has 22 heavy (non-hydrogen) atoms. The largest absolute Gasteiger partial charge is 0.312 e. The molecule has 114 valence electrons. The minimum Gasteiger partial charge on any atom is -0.312 e. The van der Waals surface area contributed by atoms with Crippen molar-refractivity contribution < 1.29 is 4.79 Å². The van der Waals surface area contributed by atoms with Crippen LogP contribution in [0.3, 0.4) is 0 Å². The molecular formula is C17H20N4O. The molecule has 1 amide bonds. The number of amides is 1. The number of likely N-dealkylation sites (tertiary alicyclic amines) is 1. The van der Waals surface area contributed by atoms with E-state index in [0.29, 0.717) is 18.4 Å². The summed E-state index contributed by atoms with van der Waals surface area (Å²) in [5, 5.41) is 4.30. The summed E-state index contributed by atoms with van der Waals surface area (Å²) in [6, 6.07) is 12.4. The summed E-state index contributed by atoms with van der Waals surface area (Å²) in [4.78, 5) is 16.6. The summed E-state index contributed by atoms with van der Waals surface area (Å²) >= 11 is 0. The number of anilines is 1. The fourth-order valence-electron chi connectivity index (χ4n) is 3.48. The number of para-hydroxylation sites is 1. The van der Waals surface area contributed by atoms with E-state index in [1.165, 1.54) is 0 Å². The molecule has 1 aromatic heterocycles. The molecule has 1 atom stereocenters. The molecule has 4 rings (SSSR count). The fourth-order valence-corrected chi connectivity index (χ4v) is 3.48. The lowest BCUT2D eigenvalue weighted by Gasteiger charge is -2.40. The quantitative estimate of drug-likeness (QED) is 0.864. The zero-order valence-electron chi connectivity index (χ0n) is 12.5. The van der Waals surface area contributed by atoms with Crippen LogP contribution in [0.25, 0.3) is 0 Å². The highest BCUT2D eigenvalue weighted by Gasteiger charge is 2.35. The van der Waals surface area contributed by atoms with Gasteiger partial charge >= 0.3 is 0 Å². The fraction of sp³-hybridized carbons (Fsp3) is 0.412. The highest BCUT2D eigenvalue weighted by molar-refractivity contribution is 5.95. The van der Waals surface area contributed by atoms with E-state index in [9.17, 15) is 4.79 Å². The summed E-state index contributed by atoms with van der Waals surface area (Å²) in [6.07, 6.45) is 4.52. The Balaban J connectivity index is 1.31. The molecule has 2 aromatic rings. The van der Waals surface area contributed by atoms with Crippen LogP contribution in [0, 0.1) is 5.92 Å².